The number of rotatable bonds is 68. The van der Waals surface area contributed by atoms with E-state index in [4.69, 9.17) is 4.74 Å². The Labute approximate surface area is 500 Å². The highest BCUT2D eigenvalue weighted by Gasteiger charge is 2.18. The first-order valence-electron chi connectivity index (χ1n) is 36.3. The normalized spacial score (nSPS) is 12.7. The Kier molecular flexibility index (Phi) is 67.9. The van der Waals surface area contributed by atoms with Gasteiger partial charge in [-0.1, -0.05) is 346 Å². The molecule has 0 radical (unpaired) electrons. The maximum Gasteiger partial charge on any atom is 0.305 e. The zero-order valence-corrected chi connectivity index (χ0v) is 54.1. The molecule has 1 amide bonds. The number of aliphatic hydroxyl groups excluding tert-OH is 2. The molecule has 0 bridgehead atoms. The summed E-state index contributed by atoms with van der Waals surface area (Å²) in [5.41, 5.74) is 0. The van der Waals surface area contributed by atoms with Crippen molar-refractivity contribution in [1.82, 2.24) is 5.32 Å². The van der Waals surface area contributed by atoms with Gasteiger partial charge in [-0.05, 0) is 77.0 Å². The minimum absolute atomic E-state index is 0.00710. The smallest absolute Gasteiger partial charge is 0.305 e. The molecular weight excluding hydrogens is 983 g/mol. The zero-order valence-electron chi connectivity index (χ0n) is 54.1. The van der Waals surface area contributed by atoms with Crippen molar-refractivity contribution in [3.8, 4) is 0 Å². The van der Waals surface area contributed by atoms with E-state index < -0.39 is 12.1 Å². The lowest BCUT2D eigenvalue weighted by Gasteiger charge is -2.20. The van der Waals surface area contributed by atoms with Gasteiger partial charge in [-0.25, -0.2) is 0 Å². The van der Waals surface area contributed by atoms with Crippen LogP contribution in [0.1, 0.15) is 399 Å². The molecule has 0 saturated carbocycles. The minimum Gasteiger partial charge on any atom is -0.466 e. The van der Waals surface area contributed by atoms with Crippen LogP contribution in [0.25, 0.3) is 0 Å². The summed E-state index contributed by atoms with van der Waals surface area (Å²) in [5.74, 6) is -0.0545. The molecule has 2 atom stereocenters. The Morgan fingerprint density at radius 3 is 0.925 bits per heavy atom. The molecule has 0 fully saturated rings. The second kappa shape index (κ2) is 69.6. The molecule has 3 N–H and O–H groups in total. The van der Waals surface area contributed by atoms with Crippen LogP contribution in [0.3, 0.4) is 0 Å². The number of aliphatic hydroxyl groups is 2. The summed E-state index contributed by atoms with van der Waals surface area (Å²) in [5, 5.41) is 23.3. The van der Waals surface area contributed by atoms with Crippen molar-refractivity contribution in [1.29, 1.82) is 0 Å². The van der Waals surface area contributed by atoms with Gasteiger partial charge in [-0.2, -0.15) is 0 Å². The Morgan fingerprint density at radius 1 is 0.338 bits per heavy atom. The summed E-state index contributed by atoms with van der Waals surface area (Å²) in [4.78, 5) is 24.5. The van der Waals surface area contributed by atoms with E-state index in [-0.39, 0.29) is 18.5 Å². The average Bonchev–Trinajstić information content (AvgIpc) is 3.46. The highest BCUT2D eigenvalue weighted by molar-refractivity contribution is 5.76. The molecule has 2 unspecified atom stereocenters. The van der Waals surface area contributed by atoms with Gasteiger partial charge in [0.15, 0.2) is 0 Å². The van der Waals surface area contributed by atoms with Gasteiger partial charge in [0.05, 0.1) is 25.4 Å². The lowest BCUT2D eigenvalue weighted by Crippen LogP contribution is -2.45. The molecule has 80 heavy (non-hydrogen) atoms. The Bertz CT molecular complexity index is 1300. The molecular formula is C74H141NO5. The number of nitrogens with one attached hydrogen (secondary N) is 1. The van der Waals surface area contributed by atoms with E-state index in [2.05, 4.69) is 43.5 Å². The fourth-order valence-corrected chi connectivity index (χ4v) is 11.3. The number of hydrogen-bond donors (Lipinski definition) is 3. The number of ether oxygens (including phenoxy) is 1. The molecule has 0 aromatic heterocycles. The average molecular weight is 1120 g/mol. The maximum absolute atomic E-state index is 12.5. The summed E-state index contributed by atoms with van der Waals surface area (Å²) >= 11 is 0. The van der Waals surface area contributed by atoms with E-state index in [9.17, 15) is 19.8 Å². The van der Waals surface area contributed by atoms with Gasteiger partial charge in [-0.3, -0.25) is 9.59 Å². The molecule has 0 aliphatic rings. The molecule has 6 nitrogen and oxygen atoms in total. The maximum atomic E-state index is 12.5. The van der Waals surface area contributed by atoms with Crippen LogP contribution >= 0.6 is 0 Å². The summed E-state index contributed by atoms with van der Waals surface area (Å²) in [6, 6.07) is -0.627. The number of amides is 1. The van der Waals surface area contributed by atoms with E-state index in [1.54, 1.807) is 6.08 Å². The highest BCUT2D eigenvalue weighted by atomic mass is 16.5. The number of hydrogen-bond acceptors (Lipinski definition) is 5. The lowest BCUT2D eigenvalue weighted by atomic mass is 10.0. The number of unbranched alkanes of at least 4 members (excludes halogenated alkanes) is 53. The fourth-order valence-electron chi connectivity index (χ4n) is 11.3. The Balaban J connectivity index is 3.39. The summed E-state index contributed by atoms with van der Waals surface area (Å²) in [6.07, 6.45) is 89.5. The molecule has 0 rings (SSSR count). The molecule has 6 heteroatoms. The monoisotopic (exact) mass is 1120 g/mol. The van der Waals surface area contributed by atoms with Crippen LogP contribution in [0.2, 0.25) is 0 Å². The first-order chi connectivity index (χ1) is 39.5. The quantitative estimate of drug-likeness (QED) is 0.0320. The van der Waals surface area contributed by atoms with Gasteiger partial charge < -0.3 is 20.3 Å². The van der Waals surface area contributed by atoms with Crippen LogP contribution in [0.4, 0.5) is 0 Å². The van der Waals surface area contributed by atoms with Crippen LogP contribution in [-0.4, -0.2) is 47.4 Å². The SMILES string of the molecule is CCCC/C=C\CCCCCCCC(=O)OCCCCCCCCCCCCCC/C=C\CCCCCCCCCCCCCCCCCCC(=O)NC(CO)C(O)/C=C/CCCCCCCCCCCCCCCCCCCC. The summed E-state index contributed by atoms with van der Waals surface area (Å²) in [6.45, 7) is 4.90. The van der Waals surface area contributed by atoms with E-state index in [1.807, 2.05) is 6.08 Å². The van der Waals surface area contributed by atoms with Gasteiger partial charge in [0.1, 0.15) is 0 Å². The first-order valence-corrected chi connectivity index (χ1v) is 36.3. The number of allylic oxidation sites excluding steroid dienone is 5. The van der Waals surface area contributed by atoms with E-state index in [0.717, 1.165) is 44.9 Å². The predicted octanol–water partition coefficient (Wildman–Crippen LogP) is 23.5. The molecule has 0 aliphatic heterocycles. The predicted molar refractivity (Wildman–Crippen MR) is 352 cm³/mol. The van der Waals surface area contributed by atoms with Gasteiger partial charge in [0.25, 0.3) is 0 Å². The summed E-state index contributed by atoms with van der Waals surface area (Å²) < 4.78 is 5.47. The van der Waals surface area contributed by atoms with Crippen LogP contribution in [-0.2, 0) is 14.3 Å². The molecule has 0 heterocycles. The Hall–Kier alpha value is -1.92. The molecule has 0 spiro atoms. The van der Waals surface area contributed by atoms with Crippen molar-refractivity contribution in [2.24, 2.45) is 0 Å². The third-order valence-electron chi connectivity index (χ3n) is 16.9. The number of carbonyl (C=O) groups is 2. The minimum atomic E-state index is -0.844. The zero-order chi connectivity index (χ0) is 57.8. The van der Waals surface area contributed by atoms with Crippen molar-refractivity contribution in [2.45, 2.75) is 411 Å². The summed E-state index contributed by atoms with van der Waals surface area (Å²) in [7, 11) is 0. The second-order valence-corrected chi connectivity index (χ2v) is 24.9. The first kappa shape index (κ1) is 78.1. The van der Waals surface area contributed by atoms with Crippen LogP contribution in [0, 0.1) is 0 Å². The number of esters is 1. The van der Waals surface area contributed by atoms with Crippen LogP contribution in [0.5, 0.6) is 0 Å². The van der Waals surface area contributed by atoms with Gasteiger partial charge in [0.2, 0.25) is 5.91 Å². The molecule has 472 valence electrons. The molecule has 0 aliphatic carbocycles. The van der Waals surface area contributed by atoms with Gasteiger partial charge in [0, 0.05) is 12.8 Å². The van der Waals surface area contributed by atoms with E-state index >= 15 is 0 Å². The number of carbonyl (C=O) groups excluding carboxylic acids is 2. The van der Waals surface area contributed by atoms with E-state index in [1.165, 1.54) is 327 Å². The molecule has 0 aromatic rings. The van der Waals surface area contributed by atoms with E-state index in [0.29, 0.717) is 19.4 Å². The Morgan fingerprint density at radius 2 is 0.600 bits per heavy atom. The van der Waals surface area contributed by atoms with Crippen molar-refractivity contribution in [3.05, 3.63) is 36.5 Å². The van der Waals surface area contributed by atoms with Crippen molar-refractivity contribution in [3.63, 3.8) is 0 Å². The van der Waals surface area contributed by atoms with Crippen molar-refractivity contribution >= 4 is 11.9 Å². The second-order valence-electron chi connectivity index (χ2n) is 24.9. The molecule has 0 aromatic carbocycles. The van der Waals surface area contributed by atoms with Crippen molar-refractivity contribution in [2.75, 3.05) is 13.2 Å². The molecule has 0 saturated heterocycles. The largest absolute Gasteiger partial charge is 0.466 e. The third-order valence-corrected chi connectivity index (χ3v) is 16.9. The highest BCUT2D eigenvalue weighted by Crippen LogP contribution is 2.19. The van der Waals surface area contributed by atoms with Gasteiger partial charge >= 0.3 is 5.97 Å². The van der Waals surface area contributed by atoms with Gasteiger partial charge in [-0.15, -0.1) is 0 Å². The topological polar surface area (TPSA) is 95.9 Å². The third kappa shape index (κ3) is 65.2. The fraction of sp³-hybridized carbons (Fsp3) is 0.892. The lowest BCUT2D eigenvalue weighted by molar-refractivity contribution is -0.143. The van der Waals surface area contributed by atoms with Crippen LogP contribution < -0.4 is 5.32 Å². The van der Waals surface area contributed by atoms with Crippen LogP contribution in [0.15, 0.2) is 36.5 Å². The standard InChI is InChI=1S/C74H141NO5/c1-3-5-7-9-11-13-15-16-17-18-19-34-37-40-43-47-50-54-58-62-66-72(77)71(70-76)75-73(78)67-63-59-55-51-48-44-41-38-35-32-30-28-26-24-22-20-21-23-25-27-29-31-33-36-39-42-45-49-53-57-61-65-69-80-74(79)68-64-60-56-52-46-14-12-10-8-6-4-2/h10,12,23,25,62,66,71-72,76-77H,3-9,11,13-22,24,26-61,63-65,67-70H2,1-2H3,(H,75,78)/b12-10-,25-23-,66-62+. The van der Waals surface area contributed by atoms with Crippen molar-refractivity contribution < 1.29 is 24.5 Å².